The highest BCUT2D eigenvalue weighted by atomic mass is 15.2. The molecule has 1 heteroatoms. The summed E-state index contributed by atoms with van der Waals surface area (Å²) in [5.74, 6) is 0. The number of hydrogen-bond acceptors (Lipinski definition) is 1. The van der Waals surface area contributed by atoms with Gasteiger partial charge in [-0.05, 0) is 12.0 Å². The lowest BCUT2D eigenvalue weighted by atomic mass is 10.4. The van der Waals surface area contributed by atoms with Crippen LogP contribution in [0.15, 0.2) is 11.8 Å². The van der Waals surface area contributed by atoms with E-state index in [1.54, 1.807) is 5.57 Å². The molecular weight excluding hydrogens is 74.1 g/mol. The van der Waals surface area contributed by atoms with Crippen LogP contribution in [0.25, 0.3) is 0 Å². The standard InChI is InChI=1S/C5H7N/c1-6-3-4-2-5(4)6/h3,5H,2H2,1H3. The van der Waals surface area contributed by atoms with Crippen molar-refractivity contribution in [2.45, 2.75) is 12.5 Å². The van der Waals surface area contributed by atoms with E-state index in [1.807, 2.05) is 0 Å². The monoisotopic (exact) mass is 81.1 g/mol. The molecular formula is C5H7N. The maximum Gasteiger partial charge on any atom is 0.0549 e. The van der Waals surface area contributed by atoms with Crippen molar-refractivity contribution in [2.24, 2.45) is 0 Å². The second kappa shape index (κ2) is 0.512. The minimum absolute atomic E-state index is 0.894. The second-order valence-corrected chi connectivity index (χ2v) is 2.09. The molecule has 1 aliphatic carbocycles. The van der Waals surface area contributed by atoms with Gasteiger partial charge in [-0.3, -0.25) is 0 Å². The van der Waals surface area contributed by atoms with Gasteiger partial charge < -0.3 is 4.90 Å². The van der Waals surface area contributed by atoms with E-state index in [9.17, 15) is 0 Å². The van der Waals surface area contributed by atoms with E-state index in [-0.39, 0.29) is 0 Å². The minimum Gasteiger partial charge on any atom is -0.373 e. The van der Waals surface area contributed by atoms with E-state index < -0.39 is 0 Å². The molecule has 1 nitrogen and oxygen atoms in total. The van der Waals surface area contributed by atoms with Gasteiger partial charge in [0.2, 0.25) is 0 Å². The number of fused-ring (bicyclic) bond motifs is 1. The van der Waals surface area contributed by atoms with Crippen LogP contribution in [0, 0.1) is 0 Å². The third kappa shape index (κ3) is 0.125. The summed E-state index contributed by atoms with van der Waals surface area (Å²) >= 11 is 0. The first kappa shape index (κ1) is 2.67. The van der Waals surface area contributed by atoms with Crippen LogP contribution in [-0.4, -0.2) is 18.0 Å². The summed E-state index contributed by atoms with van der Waals surface area (Å²) in [5.41, 5.74) is 1.65. The Balaban J connectivity index is 2.35. The smallest absolute Gasteiger partial charge is 0.0549 e. The number of nitrogens with zero attached hydrogens (tertiary/aromatic N) is 1. The number of rotatable bonds is 0. The van der Waals surface area contributed by atoms with E-state index in [2.05, 4.69) is 18.1 Å². The molecule has 1 fully saturated rings. The summed E-state index contributed by atoms with van der Waals surface area (Å²) in [6.45, 7) is 0. The maximum atomic E-state index is 2.26. The summed E-state index contributed by atoms with van der Waals surface area (Å²) in [4.78, 5) is 2.26. The highest BCUT2D eigenvalue weighted by Crippen LogP contribution is 2.42. The molecule has 0 bridgehead atoms. The Labute approximate surface area is 37.3 Å². The lowest BCUT2D eigenvalue weighted by molar-refractivity contribution is 0.425. The van der Waals surface area contributed by atoms with Crippen molar-refractivity contribution in [2.75, 3.05) is 7.05 Å². The third-order valence-electron chi connectivity index (χ3n) is 1.56. The molecule has 0 radical (unpaired) electrons. The first-order chi connectivity index (χ1) is 2.88. The zero-order valence-electron chi connectivity index (χ0n) is 3.81. The van der Waals surface area contributed by atoms with Gasteiger partial charge in [-0.2, -0.15) is 0 Å². The summed E-state index contributed by atoms with van der Waals surface area (Å²) < 4.78 is 0. The van der Waals surface area contributed by atoms with Crippen molar-refractivity contribution in [3.63, 3.8) is 0 Å². The SMILES string of the molecule is CN1C=C2CC21. The van der Waals surface area contributed by atoms with Crippen LogP contribution in [0.1, 0.15) is 6.42 Å². The largest absolute Gasteiger partial charge is 0.373 e. The normalized spacial score (nSPS) is 37.2. The lowest BCUT2D eigenvalue weighted by Gasteiger charge is -2.17. The van der Waals surface area contributed by atoms with Gasteiger partial charge in [-0.25, -0.2) is 0 Å². The number of likely N-dealkylation sites (N-methyl/N-ethyl adjacent to an activating group) is 1. The number of hydrogen-bond donors (Lipinski definition) is 0. The van der Waals surface area contributed by atoms with E-state index in [1.165, 1.54) is 6.42 Å². The average Bonchev–Trinajstić information content (AvgIpc) is 2.12. The van der Waals surface area contributed by atoms with E-state index in [0.717, 1.165) is 6.04 Å². The predicted octanol–water partition coefficient (Wildman–Crippen LogP) is 0.588. The zero-order chi connectivity index (χ0) is 4.15. The van der Waals surface area contributed by atoms with Crippen LogP contribution in [0.4, 0.5) is 0 Å². The Morgan fingerprint density at radius 1 is 2.00 bits per heavy atom. The van der Waals surface area contributed by atoms with Gasteiger partial charge >= 0.3 is 0 Å². The van der Waals surface area contributed by atoms with Crippen molar-refractivity contribution in [3.8, 4) is 0 Å². The fourth-order valence-corrected chi connectivity index (χ4v) is 0.978. The highest BCUT2D eigenvalue weighted by molar-refractivity contribution is 5.37. The Morgan fingerprint density at radius 3 is 2.83 bits per heavy atom. The van der Waals surface area contributed by atoms with Crippen molar-refractivity contribution < 1.29 is 0 Å². The van der Waals surface area contributed by atoms with Crippen LogP contribution in [0.3, 0.4) is 0 Å². The lowest BCUT2D eigenvalue weighted by Crippen LogP contribution is -2.19. The fourth-order valence-electron chi connectivity index (χ4n) is 0.978. The molecule has 1 aliphatic heterocycles. The summed E-state index contributed by atoms with van der Waals surface area (Å²) in [6, 6.07) is 0.894. The molecule has 2 rings (SSSR count). The summed E-state index contributed by atoms with van der Waals surface area (Å²) in [6.07, 6.45) is 3.57. The van der Waals surface area contributed by atoms with Gasteiger partial charge in [0, 0.05) is 13.2 Å². The zero-order valence-corrected chi connectivity index (χ0v) is 3.81. The predicted molar refractivity (Wildman–Crippen MR) is 24.3 cm³/mol. The fraction of sp³-hybridized carbons (Fsp3) is 0.600. The van der Waals surface area contributed by atoms with Gasteiger partial charge in [0.25, 0.3) is 0 Å². The molecule has 0 N–H and O–H groups in total. The second-order valence-electron chi connectivity index (χ2n) is 2.09. The molecule has 0 saturated heterocycles. The molecule has 1 heterocycles. The van der Waals surface area contributed by atoms with Gasteiger partial charge in [0.05, 0.1) is 6.04 Å². The van der Waals surface area contributed by atoms with Crippen LogP contribution >= 0.6 is 0 Å². The van der Waals surface area contributed by atoms with Gasteiger partial charge in [-0.15, -0.1) is 0 Å². The van der Waals surface area contributed by atoms with Gasteiger partial charge in [-0.1, -0.05) is 0 Å². The van der Waals surface area contributed by atoms with Crippen LogP contribution < -0.4 is 0 Å². The molecule has 1 saturated carbocycles. The average molecular weight is 81.1 g/mol. The molecule has 0 spiro atoms. The molecule has 0 aromatic carbocycles. The summed E-state index contributed by atoms with van der Waals surface area (Å²) in [7, 11) is 2.13. The van der Waals surface area contributed by atoms with Crippen LogP contribution in [0.5, 0.6) is 0 Å². The first-order valence-electron chi connectivity index (χ1n) is 2.30. The third-order valence-corrected chi connectivity index (χ3v) is 1.56. The Kier molecular flexibility index (Phi) is 0.228. The van der Waals surface area contributed by atoms with Gasteiger partial charge in [0.1, 0.15) is 0 Å². The summed E-state index contributed by atoms with van der Waals surface area (Å²) in [5, 5.41) is 0. The molecule has 0 aromatic rings. The molecule has 32 valence electrons. The quantitative estimate of drug-likeness (QED) is 0.412. The molecule has 2 aliphatic rings. The van der Waals surface area contributed by atoms with Crippen LogP contribution in [-0.2, 0) is 0 Å². The topological polar surface area (TPSA) is 3.24 Å². The Hall–Kier alpha value is -0.460. The van der Waals surface area contributed by atoms with Crippen LogP contribution in [0.2, 0.25) is 0 Å². The highest BCUT2D eigenvalue weighted by Gasteiger charge is 2.40. The van der Waals surface area contributed by atoms with Crippen molar-refractivity contribution in [3.05, 3.63) is 11.8 Å². The van der Waals surface area contributed by atoms with Crippen molar-refractivity contribution in [1.82, 2.24) is 4.90 Å². The van der Waals surface area contributed by atoms with Crippen molar-refractivity contribution >= 4 is 0 Å². The molecule has 1 atom stereocenters. The molecule has 0 aromatic heterocycles. The van der Waals surface area contributed by atoms with E-state index >= 15 is 0 Å². The molecule has 6 heavy (non-hydrogen) atoms. The van der Waals surface area contributed by atoms with E-state index in [4.69, 9.17) is 0 Å². The molecule has 1 unspecified atom stereocenters. The maximum absolute atomic E-state index is 2.26. The Morgan fingerprint density at radius 2 is 2.83 bits per heavy atom. The van der Waals surface area contributed by atoms with E-state index in [0.29, 0.717) is 0 Å². The Bertz CT molecular complexity index is 115. The van der Waals surface area contributed by atoms with Crippen molar-refractivity contribution in [1.29, 1.82) is 0 Å². The first-order valence-corrected chi connectivity index (χ1v) is 2.30. The van der Waals surface area contributed by atoms with Gasteiger partial charge in [0.15, 0.2) is 0 Å². The molecule has 0 amide bonds. The minimum atomic E-state index is 0.894.